The lowest BCUT2D eigenvalue weighted by atomic mass is 10.1. The molecule has 0 radical (unpaired) electrons. The number of carbonyl (C=O) groups is 1. The normalized spacial score (nSPS) is 14.4. The Balaban J connectivity index is 1.78. The molecule has 3 rings (SSSR count). The molecule has 2 aromatic heterocycles. The van der Waals surface area contributed by atoms with E-state index in [9.17, 15) is 4.79 Å². The van der Waals surface area contributed by atoms with E-state index in [0.29, 0.717) is 41.9 Å². The zero-order valence-electron chi connectivity index (χ0n) is 18.7. The molecule has 0 unspecified atom stereocenters. The van der Waals surface area contributed by atoms with Gasteiger partial charge in [0.2, 0.25) is 5.91 Å². The summed E-state index contributed by atoms with van der Waals surface area (Å²) in [7, 11) is 0. The molecule has 1 aliphatic rings. The number of amides is 1. The minimum absolute atomic E-state index is 0.0622. The van der Waals surface area contributed by atoms with Crippen LogP contribution in [0.1, 0.15) is 50.4 Å². The van der Waals surface area contributed by atoms with Crippen LogP contribution in [-0.4, -0.2) is 52.7 Å². The van der Waals surface area contributed by atoms with Crippen molar-refractivity contribution in [2.75, 3.05) is 36.0 Å². The van der Waals surface area contributed by atoms with Crippen molar-refractivity contribution in [2.24, 2.45) is 5.84 Å². The number of hydrogen-bond donors (Lipinski definition) is 3. The van der Waals surface area contributed by atoms with Gasteiger partial charge in [-0.25, -0.2) is 10.8 Å². The molecule has 0 saturated carbocycles. The summed E-state index contributed by atoms with van der Waals surface area (Å²) in [4.78, 5) is 20.9. The van der Waals surface area contributed by atoms with E-state index in [2.05, 4.69) is 25.8 Å². The first-order chi connectivity index (χ1) is 15.5. The van der Waals surface area contributed by atoms with Crippen molar-refractivity contribution in [2.45, 2.75) is 58.5 Å². The molecule has 0 atom stereocenters. The number of nitrogens with one attached hydrogen (secondary N) is 2. The molecule has 4 N–H and O–H groups in total. The van der Waals surface area contributed by atoms with Gasteiger partial charge in [0.25, 0.3) is 5.89 Å². The van der Waals surface area contributed by atoms with Crippen molar-refractivity contribution in [1.29, 1.82) is 0 Å². The molecule has 1 amide bonds. The molecule has 0 aromatic carbocycles. The zero-order valence-corrected chi connectivity index (χ0v) is 19.5. The molecule has 11 heteroatoms. The molecule has 1 aliphatic heterocycles. The zero-order chi connectivity index (χ0) is 22.9. The van der Waals surface area contributed by atoms with Crippen LogP contribution in [-0.2, 0) is 16.1 Å². The highest BCUT2D eigenvalue weighted by Gasteiger charge is 2.23. The molecular weight excluding hydrogens is 434 g/mol. The van der Waals surface area contributed by atoms with Gasteiger partial charge in [-0.3, -0.25) is 9.80 Å². The van der Waals surface area contributed by atoms with Crippen molar-refractivity contribution in [1.82, 2.24) is 20.4 Å². The minimum atomic E-state index is -0.0622. The highest BCUT2D eigenvalue weighted by molar-refractivity contribution is 6.17. The van der Waals surface area contributed by atoms with E-state index in [0.717, 1.165) is 50.1 Å². The molecule has 0 aliphatic carbocycles. The van der Waals surface area contributed by atoms with Crippen LogP contribution in [0.15, 0.2) is 10.7 Å². The van der Waals surface area contributed by atoms with Crippen LogP contribution in [0, 0.1) is 6.92 Å². The van der Waals surface area contributed by atoms with E-state index < -0.39 is 0 Å². The second kappa shape index (κ2) is 12.0. The molecule has 10 nitrogen and oxygen atoms in total. The van der Waals surface area contributed by atoms with Crippen molar-refractivity contribution in [3.63, 3.8) is 0 Å². The van der Waals surface area contributed by atoms with E-state index in [1.165, 1.54) is 0 Å². The summed E-state index contributed by atoms with van der Waals surface area (Å²) >= 11 is 5.65. The largest absolute Gasteiger partial charge is 0.381 e. The number of unbranched alkanes of at least 4 members (excludes halogenated alkanes) is 1. The first-order valence-electron chi connectivity index (χ1n) is 11.0. The van der Waals surface area contributed by atoms with Gasteiger partial charge in [-0.05, 0) is 39.5 Å². The third-order valence-corrected chi connectivity index (χ3v) is 5.68. The number of hydrazine groups is 1. The van der Waals surface area contributed by atoms with Crippen LogP contribution >= 0.6 is 11.6 Å². The fraction of sp³-hybridized carbons (Fsp3) is 0.619. The minimum Gasteiger partial charge on any atom is -0.381 e. The summed E-state index contributed by atoms with van der Waals surface area (Å²) in [5.41, 5.74) is 2.48. The molecular formula is C21H32ClN7O3. The van der Waals surface area contributed by atoms with Crippen molar-refractivity contribution in [3.05, 3.63) is 17.6 Å². The maximum absolute atomic E-state index is 11.9. The van der Waals surface area contributed by atoms with Gasteiger partial charge in [0.15, 0.2) is 5.82 Å². The Labute approximate surface area is 193 Å². The maximum Gasteiger partial charge on any atom is 0.261 e. The third kappa shape index (κ3) is 6.30. The Morgan fingerprint density at radius 3 is 2.84 bits per heavy atom. The number of nitrogens with two attached hydrogens (primary N) is 1. The Morgan fingerprint density at radius 1 is 1.34 bits per heavy atom. The van der Waals surface area contributed by atoms with Crippen LogP contribution in [0.2, 0.25) is 0 Å². The highest BCUT2D eigenvalue weighted by atomic mass is 35.5. The van der Waals surface area contributed by atoms with Crippen molar-refractivity contribution >= 4 is 29.0 Å². The number of rotatable bonds is 11. The molecule has 1 fully saturated rings. The summed E-state index contributed by atoms with van der Waals surface area (Å²) in [5.74, 6) is 8.05. The van der Waals surface area contributed by atoms with Crippen LogP contribution in [0.25, 0.3) is 11.5 Å². The average molecular weight is 466 g/mol. The number of aromatic nitrogens is 3. The van der Waals surface area contributed by atoms with E-state index >= 15 is 0 Å². The Bertz CT molecular complexity index is 886. The van der Waals surface area contributed by atoms with Gasteiger partial charge in [-0.2, -0.15) is 4.98 Å². The first-order valence-corrected chi connectivity index (χ1v) is 11.6. The summed E-state index contributed by atoms with van der Waals surface area (Å²) in [5, 5.41) is 12.0. The number of halogens is 1. The number of carbonyl (C=O) groups excluding carboxylic acids is 1. The summed E-state index contributed by atoms with van der Waals surface area (Å²) in [6, 6.07) is 0.263. The SMILES string of the molecule is CCN(N)c1ncc(-c2nc(CNC(=O)CCCCCl)no2)c(NC2CCOCC2)c1C. The van der Waals surface area contributed by atoms with Crippen molar-refractivity contribution < 1.29 is 14.1 Å². The van der Waals surface area contributed by atoms with Crippen LogP contribution in [0.3, 0.4) is 0 Å². The molecule has 32 heavy (non-hydrogen) atoms. The van der Waals surface area contributed by atoms with E-state index in [1.54, 1.807) is 11.2 Å². The molecule has 0 bridgehead atoms. The van der Waals surface area contributed by atoms with E-state index in [-0.39, 0.29) is 18.5 Å². The fourth-order valence-corrected chi connectivity index (χ4v) is 3.70. The second-order valence-electron chi connectivity index (χ2n) is 7.75. The molecule has 0 spiro atoms. The number of anilines is 2. The van der Waals surface area contributed by atoms with Gasteiger partial charge >= 0.3 is 0 Å². The van der Waals surface area contributed by atoms with Crippen LogP contribution in [0.4, 0.5) is 11.5 Å². The number of hydrogen-bond acceptors (Lipinski definition) is 9. The fourth-order valence-electron chi connectivity index (χ4n) is 3.52. The quantitative estimate of drug-likeness (QED) is 0.198. The first kappa shape index (κ1) is 24.2. The summed E-state index contributed by atoms with van der Waals surface area (Å²) < 4.78 is 11.0. The van der Waals surface area contributed by atoms with Crippen LogP contribution in [0.5, 0.6) is 0 Å². The topological polar surface area (TPSA) is 131 Å². The standard InChI is InChI=1S/C21H32ClN7O3/c1-3-29(23)20-14(2)19(26-15-7-10-31-11-8-15)16(12-25-20)21-27-17(28-32-21)13-24-18(30)6-4-5-9-22/h12,15H,3-11,13,23H2,1-2H3,(H,24,30)(H,25,26). The van der Waals surface area contributed by atoms with Crippen molar-refractivity contribution in [3.8, 4) is 11.5 Å². The van der Waals surface area contributed by atoms with Gasteiger partial charge in [0.1, 0.15) is 5.82 Å². The average Bonchev–Trinajstić information content (AvgIpc) is 3.28. The molecule has 3 heterocycles. The Morgan fingerprint density at radius 2 is 2.12 bits per heavy atom. The van der Waals surface area contributed by atoms with Gasteiger partial charge < -0.3 is 19.9 Å². The predicted molar refractivity (Wildman–Crippen MR) is 123 cm³/mol. The van der Waals surface area contributed by atoms with Gasteiger partial charge in [0, 0.05) is 49.9 Å². The number of pyridine rings is 1. The Kier molecular flexibility index (Phi) is 9.07. The van der Waals surface area contributed by atoms with Gasteiger partial charge in [0.05, 0.1) is 17.8 Å². The Hall–Kier alpha value is -2.43. The van der Waals surface area contributed by atoms with Gasteiger partial charge in [-0.15, -0.1) is 11.6 Å². The summed E-state index contributed by atoms with van der Waals surface area (Å²) in [6.45, 7) is 6.20. The van der Waals surface area contributed by atoms with Gasteiger partial charge in [-0.1, -0.05) is 5.16 Å². The predicted octanol–water partition coefficient (Wildman–Crippen LogP) is 2.76. The van der Waals surface area contributed by atoms with E-state index in [1.807, 2.05) is 13.8 Å². The van der Waals surface area contributed by atoms with Crippen LogP contribution < -0.4 is 21.5 Å². The number of nitrogens with zero attached hydrogens (tertiary/aromatic N) is 4. The molecule has 176 valence electrons. The lowest BCUT2D eigenvalue weighted by Crippen LogP contribution is -2.33. The second-order valence-corrected chi connectivity index (χ2v) is 8.13. The summed E-state index contributed by atoms with van der Waals surface area (Å²) in [6.07, 6.45) is 5.49. The third-order valence-electron chi connectivity index (χ3n) is 5.41. The number of alkyl halides is 1. The molecule has 2 aromatic rings. The monoisotopic (exact) mass is 465 g/mol. The van der Waals surface area contributed by atoms with E-state index in [4.69, 9.17) is 26.7 Å². The number of ether oxygens (including phenoxy) is 1. The smallest absolute Gasteiger partial charge is 0.261 e. The maximum atomic E-state index is 11.9. The lowest BCUT2D eigenvalue weighted by molar-refractivity contribution is -0.121. The molecule has 1 saturated heterocycles. The highest BCUT2D eigenvalue weighted by Crippen LogP contribution is 2.34. The lowest BCUT2D eigenvalue weighted by Gasteiger charge is -2.27.